The van der Waals surface area contributed by atoms with Crippen molar-refractivity contribution in [2.24, 2.45) is 0 Å². The number of carboxylic acids is 2. The molecule has 0 saturated heterocycles. The first-order chi connectivity index (χ1) is 9.43. The van der Waals surface area contributed by atoms with E-state index < -0.39 is 11.9 Å². The van der Waals surface area contributed by atoms with Gasteiger partial charge in [0.15, 0.2) is 0 Å². The molecule has 0 saturated carbocycles. The Kier molecular flexibility index (Phi) is 3.57. The molecule has 0 aliphatic heterocycles. The molecule has 4 heteroatoms. The molecular weight excluding hydrogens is 256 g/mol. The highest BCUT2D eigenvalue weighted by Gasteiger charge is 2.20. The van der Waals surface area contributed by atoms with Crippen molar-refractivity contribution in [3.05, 3.63) is 58.7 Å². The Morgan fingerprint density at radius 3 is 1.40 bits per heavy atom. The molecule has 0 bridgehead atoms. The van der Waals surface area contributed by atoms with E-state index >= 15 is 0 Å². The highest BCUT2D eigenvalue weighted by atomic mass is 16.4. The van der Waals surface area contributed by atoms with Crippen LogP contribution in [0.3, 0.4) is 0 Å². The van der Waals surface area contributed by atoms with Gasteiger partial charge >= 0.3 is 11.9 Å². The minimum absolute atomic E-state index is 0.139. The predicted molar refractivity (Wildman–Crippen MR) is 75.3 cm³/mol. The van der Waals surface area contributed by atoms with Gasteiger partial charge in [0.25, 0.3) is 0 Å². The molecule has 2 rings (SSSR count). The molecular formula is C16H14O4. The molecule has 4 nitrogen and oxygen atoms in total. The van der Waals surface area contributed by atoms with Gasteiger partial charge in [-0.3, -0.25) is 0 Å². The quantitative estimate of drug-likeness (QED) is 0.896. The molecule has 2 N–H and O–H groups in total. The molecule has 102 valence electrons. The van der Waals surface area contributed by atoms with E-state index in [0.717, 1.165) is 0 Å². The fourth-order valence-electron chi connectivity index (χ4n) is 2.35. The van der Waals surface area contributed by atoms with Crippen LogP contribution in [0.1, 0.15) is 31.8 Å². The number of hydrogen-bond acceptors (Lipinski definition) is 2. The van der Waals surface area contributed by atoms with Crippen molar-refractivity contribution < 1.29 is 19.8 Å². The zero-order valence-electron chi connectivity index (χ0n) is 11.2. The maximum absolute atomic E-state index is 11.4. The summed E-state index contributed by atoms with van der Waals surface area (Å²) in [7, 11) is 0. The molecule has 2 aromatic rings. The zero-order chi connectivity index (χ0) is 14.9. The second kappa shape index (κ2) is 5.17. The van der Waals surface area contributed by atoms with E-state index in [1.165, 1.54) is 0 Å². The van der Waals surface area contributed by atoms with Crippen molar-refractivity contribution in [2.75, 3.05) is 0 Å². The summed E-state index contributed by atoms with van der Waals surface area (Å²) in [5.74, 6) is -2.12. The van der Waals surface area contributed by atoms with Gasteiger partial charge in [0, 0.05) is 0 Å². The predicted octanol–water partition coefficient (Wildman–Crippen LogP) is 3.37. The molecule has 20 heavy (non-hydrogen) atoms. The Morgan fingerprint density at radius 2 is 1.10 bits per heavy atom. The fraction of sp³-hybridized carbons (Fsp3) is 0.125. The van der Waals surface area contributed by atoms with Crippen LogP contribution in [0.25, 0.3) is 11.1 Å². The lowest BCUT2D eigenvalue weighted by molar-refractivity contribution is 0.0683. The summed E-state index contributed by atoms with van der Waals surface area (Å²) in [4.78, 5) is 22.9. The van der Waals surface area contributed by atoms with Crippen LogP contribution in [-0.4, -0.2) is 22.2 Å². The molecule has 0 spiro atoms. The van der Waals surface area contributed by atoms with Crippen molar-refractivity contribution >= 4 is 11.9 Å². The minimum Gasteiger partial charge on any atom is -0.478 e. The lowest BCUT2D eigenvalue weighted by Crippen LogP contribution is -2.07. The number of aryl methyl sites for hydroxylation is 2. The molecule has 0 aliphatic carbocycles. The number of benzene rings is 2. The van der Waals surface area contributed by atoms with Crippen LogP contribution < -0.4 is 0 Å². The van der Waals surface area contributed by atoms with E-state index in [4.69, 9.17) is 0 Å². The Morgan fingerprint density at radius 1 is 0.750 bits per heavy atom. The topological polar surface area (TPSA) is 74.6 Å². The first-order valence-corrected chi connectivity index (χ1v) is 6.09. The normalized spacial score (nSPS) is 10.3. The largest absolute Gasteiger partial charge is 0.478 e. The van der Waals surface area contributed by atoms with Gasteiger partial charge in [-0.1, -0.05) is 36.4 Å². The van der Waals surface area contributed by atoms with E-state index in [9.17, 15) is 19.8 Å². The number of carbonyl (C=O) groups is 2. The fourth-order valence-corrected chi connectivity index (χ4v) is 2.35. The lowest BCUT2D eigenvalue weighted by atomic mass is 9.91. The second-order valence-corrected chi connectivity index (χ2v) is 4.61. The monoisotopic (exact) mass is 270 g/mol. The number of hydrogen-bond donors (Lipinski definition) is 2. The molecule has 0 amide bonds. The third kappa shape index (κ3) is 2.28. The SMILES string of the molecule is Cc1cccc(-c2cccc(C)c2C(=O)O)c1C(=O)O. The van der Waals surface area contributed by atoms with E-state index in [2.05, 4.69) is 0 Å². The standard InChI is InChI=1S/C16H14O4/c1-9-5-3-7-11(13(9)15(17)18)12-8-4-6-10(2)14(12)16(19)20/h3-8H,1-2H3,(H,17,18)(H,19,20). The number of carboxylic acid groups (broad SMARTS) is 2. The minimum atomic E-state index is -1.06. The molecule has 2 aromatic carbocycles. The van der Waals surface area contributed by atoms with Gasteiger partial charge in [-0.2, -0.15) is 0 Å². The first-order valence-electron chi connectivity index (χ1n) is 6.09. The van der Waals surface area contributed by atoms with Crippen LogP contribution in [0, 0.1) is 13.8 Å². The van der Waals surface area contributed by atoms with Crippen LogP contribution in [-0.2, 0) is 0 Å². The highest BCUT2D eigenvalue weighted by molar-refractivity contribution is 6.03. The second-order valence-electron chi connectivity index (χ2n) is 4.61. The van der Waals surface area contributed by atoms with Crippen molar-refractivity contribution in [1.29, 1.82) is 0 Å². The summed E-state index contributed by atoms with van der Waals surface area (Å²) in [6.45, 7) is 3.40. The Balaban J connectivity index is 2.83. The number of aromatic carboxylic acids is 2. The van der Waals surface area contributed by atoms with Crippen LogP contribution in [0.5, 0.6) is 0 Å². The van der Waals surface area contributed by atoms with Gasteiger partial charge in [0.05, 0.1) is 11.1 Å². The third-order valence-electron chi connectivity index (χ3n) is 3.26. The summed E-state index contributed by atoms with van der Waals surface area (Å²) in [5, 5.41) is 18.7. The van der Waals surface area contributed by atoms with Crippen LogP contribution in [0.15, 0.2) is 36.4 Å². The van der Waals surface area contributed by atoms with Gasteiger partial charge in [0.2, 0.25) is 0 Å². The van der Waals surface area contributed by atoms with Crippen molar-refractivity contribution in [3.63, 3.8) is 0 Å². The van der Waals surface area contributed by atoms with E-state index in [-0.39, 0.29) is 11.1 Å². The number of rotatable bonds is 3. The van der Waals surface area contributed by atoms with Gasteiger partial charge in [-0.05, 0) is 36.1 Å². The van der Waals surface area contributed by atoms with Crippen LogP contribution >= 0.6 is 0 Å². The average Bonchev–Trinajstić information content (AvgIpc) is 2.37. The Hall–Kier alpha value is -2.62. The van der Waals surface area contributed by atoms with Gasteiger partial charge < -0.3 is 10.2 Å². The van der Waals surface area contributed by atoms with E-state index in [0.29, 0.717) is 22.3 Å². The summed E-state index contributed by atoms with van der Waals surface area (Å²) >= 11 is 0. The molecule has 0 atom stereocenters. The van der Waals surface area contributed by atoms with Gasteiger partial charge in [-0.15, -0.1) is 0 Å². The first kappa shape index (κ1) is 13.8. The van der Waals surface area contributed by atoms with Gasteiger partial charge in [0.1, 0.15) is 0 Å². The van der Waals surface area contributed by atoms with Crippen molar-refractivity contribution in [1.82, 2.24) is 0 Å². The molecule has 0 unspecified atom stereocenters. The maximum Gasteiger partial charge on any atom is 0.336 e. The summed E-state index contributed by atoms with van der Waals surface area (Å²) in [6, 6.07) is 10.1. The van der Waals surface area contributed by atoms with Gasteiger partial charge in [-0.25, -0.2) is 9.59 Å². The van der Waals surface area contributed by atoms with Crippen molar-refractivity contribution in [2.45, 2.75) is 13.8 Å². The Bertz CT molecular complexity index is 640. The molecule has 0 heterocycles. The van der Waals surface area contributed by atoms with E-state index in [1.807, 2.05) is 0 Å². The summed E-state index contributed by atoms with van der Waals surface area (Å²) in [5.41, 5.74) is 2.35. The Labute approximate surface area is 116 Å². The highest BCUT2D eigenvalue weighted by Crippen LogP contribution is 2.30. The van der Waals surface area contributed by atoms with Crippen LogP contribution in [0.4, 0.5) is 0 Å². The smallest absolute Gasteiger partial charge is 0.336 e. The maximum atomic E-state index is 11.4. The van der Waals surface area contributed by atoms with Crippen molar-refractivity contribution in [3.8, 4) is 11.1 Å². The third-order valence-corrected chi connectivity index (χ3v) is 3.26. The average molecular weight is 270 g/mol. The van der Waals surface area contributed by atoms with E-state index in [1.54, 1.807) is 50.2 Å². The summed E-state index contributed by atoms with van der Waals surface area (Å²) < 4.78 is 0. The lowest BCUT2D eigenvalue weighted by Gasteiger charge is -2.13. The molecule has 0 aliphatic rings. The zero-order valence-corrected chi connectivity index (χ0v) is 11.2. The molecule has 0 fully saturated rings. The van der Waals surface area contributed by atoms with Crippen LogP contribution in [0.2, 0.25) is 0 Å². The molecule has 0 aromatic heterocycles. The summed E-state index contributed by atoms with van der Waals surface area (Å²) in [6.07, 6.45) is 0. The molecule has 0 radical (unpaired) electrons.